The Morgan fingerprint density at radius 1 is 1.36 bits per heavy atom. The molecular weight excluding hydrogens is 172 g/mol. The molecule has 1 aliphatic carbocycles. The normalized spacial score (nSPS) is 27.7. The van der Waals surface area contributed by atoms with E-state index in [1.807, 2.05) is 0 Å². The van der Waals surface area contributed by atoms with Crippen LogP contribution in [0.25, 0.3) is 0 Å². The minimum atomic E-state index is 0.224. The molecule has 0 aromatic rings. The second-order valence-electron chi connectivity index (χ2n) is 5.59. The Morgan fingerprint density at radius 2 is 2.07 bits per heavy atom. The van der Waals surface area contributed by atoms with Gasteiger partial charge in [0.05, 0.1) is 12.7 Å². The lowest BCUT2D eigenvalue weighted by molar-refractivity contribution is 0.00162. The fourth-order valence-electron chi connectivity index (χ4n) is 2.46. The van der Waals surface area contributed by atoms with Gasteiger partial charge in [0.1, 0.15) is 0 Å². The lowest BCUT2D eigenvalue weighted by Gasteiger charge is -2.35. The van der Waals surface area contributed by atoms with Crippen LogP contribution in [-0.2, 0) is 4.74 Å². The SMILES string of the molecule is CC1=CC2=C(CCOC2C(C)(C)C)C1. The van der Waals surface area contributed by atoms with Crippen molar-refractivity contribution in [2.75, 3.05) is 6.61 Å². The summed E-state index contributed by atoms with van der Waals surface area (Å²) < 4.78 is 5.90. The maximum absolute atomic E-state index is 5.90. The van der Waals surface area contributed by atoms with E-state index >= 15 is 0 Å². The molecule has 0 aromatic heterocycles. The van der Waals surface area contributed by atoms with Crippen LogP contribution in [0.15, 0.2) is 22.8 Å². The molecule has 1 aliphatic heterocycles. The van der Waals surface area contributed by atoms with Crippen LogP contribution in [0.4, 0.5) is 0 Å². The lowest BCUT2D eigenvalue weighted by atomic mass is 9.82. The molecule has 0 bridgehead atoms. The minimum absolute atomic E-state index is 0.224. The van der Waals surface area contributed by atoms with Crippen molar-refractivity contribution in [1.82, 2.24) is 0 Å². The summed E-state index contributed by atoms with van der Waals surface area (Å²) in [5.41, 5.74) is 4.81. The number of hydrogen-bond donors (Lipinski definition) is 0. The molecule has 0 amide bonds. The Balaban J connectivity index is 2.31. The second kappa shape index (κ2) is 3.23. The summed E-state index contributed by atoms with van der Waals surface area (Å²) in [6.07, 6.45) is 4.97. The molecule has 1 atom stereocenters. The standard InChI is InChI=1S/C13H20O/c1-9-7-10-5-6-14-12(11(10)8-9)13(2,3)4/h8,12H,5-7H2,1-4H3. The van der Waals surface area contributed by atoms with Gasteiger partial charge in [0.25, 0.3) is 0 Å². The van der Waals surface area contributed by atoms with E-state index < -0.39 is 0 Å². The lowest BCUT2D eigenvalue weighted by Crippen LogP contribution is -2.33. The molecule has 2 aliphatic rings. The molecule has 0 saturated carbocycles. The molecule has 0 spiro atoms. The van der Waals surface area contributed by atoms with E-state index in [9.17, 15) is 0 Å². The van der Waals surface area contributed by atoms with Crippen LogP contribution in [0.3, 0.4) is 0 Å². The molecule has 1 unspecified atom stereocenters. The highest BCUT2D eigenvalue weighted by atomic mass is 16.5. The van der Waals surface area contributed by atoms with Gasteiger partial charge in [-0.15, -0.1) is 0 Å². The Morgan fingerprint density at radius 3 is 2.71 bits per heavy atom. The van der Waals surface area contributed by atoms with Gasteiger partial charge in [-0.1, -0.05) is 38.0 Å². The highest BCUT2D eigenvalue weighted by Gasteiger charge is 2.34. The molecule has 1 nitrogen and oxygen atoms in total. The molecule has 78 valence electrons. The third-order valence-electron chi connectivity index (χ3n) is 3.06. The molecular formula is C13H20O. The minimum Gasteiger partial charge on any atom is -0.373 e. The van der Waals surface area contributed by atoms with Crippen molar-refractivity contribution in [3.8, 4) is 0 Å². The molecule has 0 fully saturated rings. The molecule has 0 aromatic carbocycles. The fraction of sp³-hybridized carbons (Fsp3) is 0.692. The van der Waals surface area contributed by atoms with Crippen molar-refractivity contribution in [2.45, 2.75) is 46.6 Å². The number of allylic oxidation sites excluding steroid dienone is 1. The summed E-state index contributed by atoms with van der Waals surface area (Å²) in [5, 5.41) is 0. The van der Waals surface area contributed by atoms with Gasteiger partial charge >= 0.3 is 0 Å². The van der Waals surface area contributed by atoms with Crippen LogP contribution < -0.4 is 0 Å². The zero-order chi connectivity index (χ0) is 10.3. The van der Waals surface area contributed by atoms with Crippen LogP contribution in [0.5, 0.6) is 0 Å². The van der Waals surface area contributed by atoms with Crippen LogP contribution in [-0.4, -0.2) is 12.7 Å². The topological polar surface area (TPSA) is 9.23 Å². The first-order valence-corrected chi connectivity index (χ1v) is 5.49. The van der Waals surface area contributed by atoms with E-state index in [4.69, 9.17) is 4.74 Å². The fourth-order valence-corrected chi connectivity index (χ4v) is 2.46. The molecule has 0 N–H and O–H groups in total. The summed E-state index contributed by atoms with van der Waals surface area (Å²) in [4.78, 5) is 0. The average Bonchev–Trinajstić information content (AvgIpc) is 2.41. The van der Waals surface area contributed by atoms with Crippen LogP contribution in [0.2, 0.25) is 0 Å². The van der Waals surface area contributed by atoms with Crippen molar-refractivity contribution in [3.05, 3.63) is 22.8 Å². The molecule has 14 heavy (non-hydrogen) atoms. The van der Waals surface area contributed by atoms with Crippen LogP contribution in [0, 0.1) is 5.41 Å². The van der Waals surface area contributed by atoms with Crippen molar-refractivity contribution in [2.24, 2.45) is 5.41 Å². The quantitative estimate of drug-likeness (QED) is 0.571. The number of hydrogen-bond acceptors (Lipinski definition) is 1. The van der Waals surface area contributed by atoms with Gasteiger partial charge in [0.2, 0.25) is 0 Å². The Labute approximate surface area is 86.8 Å². The average molecular weight is 192 g/mol. The predicted molar refractivity (Wildman–Crippen MR) is 59.2 cm³/mol. The monoisotopic (exact) mass is 192 g/mol. The van der Waals surface area contributed by atoms with Gasteiger partial charge in [-0.2, -0.15) is 0 Å². The van der Waals surface area contributed by atoms with Gasteiger partial charge in [0.15, 0.2) is 0 Å². The van der Waals surface area contributed by atoms with E-state index in [1.54, 1.807) is 5.57 Å². The largest absolute Gasteiger partial charge is 0.373 e. The summed E-state index contributed by atoms with van der Waals surface area (Å²) in [6, 6.07) is 0. The third kappa shape index (κ3) is 1.66. The number of rotatable bonds is 0. The molecule has 0 saturated heterocycles. The molecule has 0 radical (unpaired) electrons. The van der Waals surface area contributed by atoms with Crippen molar-refractivity contribution in [1.29, 1.82) is 0 Å². The van der Waals surface area contributed by atoms with Crippen LogP contribution in [0.1, 0.15) is 40.5 Å². The first-order chi connectivity index (χ1) is 6.48. The highest BCUT2D eigenvalue weighted by Crippen LogP contribution is 2.40. The van der Waals surface area contributed by atoms with Crippen molar-refractivity contribution >= 4 is 0 Å². The summed E-state index contributed by atoms with van der Waals surface area (Å²) >= 11 is 0. The molecule has 1 heterocycles. The zero-order valence-electron chi connectivity index (χ0n) is 9.68. The maximum Gasteiger partial charge on any atom is 0.0872 e. The summed E-state index contributed by atoms with van der Waals surface area (Å²) in [5.74, 6) is 0. The van der Waals surface area contributed by atoms with E-state index in [0.717, 1.165) is 13.0 Å². The first kappa shape index (κ1) is 9.97. The van der Waals surface area contributed by atoms with Gasteiger partial charge < -0.3 is 4.74 Å². The van der Waals surface area contributed by atoms with Crippen LogP contribution >= 0.6 is 0 Å². The third-order valence-corrected chi connectivity index (χ3v) is 3.06. The van der Waals surface area contributed by atoms with Gasteiger partial charge in [-0.05, 0) is 30.8 Å². The van der Waals surface area contributed by atoms with E-state index in [2.05, 4.69) is 33.8 Å². The number of ether oxygens (including phenoxy) is 1. The predicted octanol–water partition coefficient (Wildman–Crippen LogP) is 3.47. The summed E-state index contributed by atoms with van der Waals surface area (Å²) in [7, 11) is 0. The maximum atomic E-state index is 5.90. The van der Waals surface area contributed by atoms with Crippen molar-refractivity contribution in [3.63, 3.8) is 0 Å². The van der Waals surface area contributed by atoms with Gasteiger partial charge in [0, 0.05) is 0 Å². The Bertz CT molecular complexity index is 302. The smallest absolute Gasteiger partial charge is 0.0872 e. The van der Waals surface area contributed by atoms with Crippen molar-refractivity contribution < 1.29 is 4.74 Å². The van der Waals surface area contributed by atoms with E-state index in [1.165, 1.54) is 17.6 Å². The van der Waals surface area contributed by atoms with E-state index in [0.29, 0.717) is 6.10 Å². The zero-order valence-corrected chi connectivity index (χ0v) is 9.68. The summed E-state index contributed by atoms with van der Waals surface area (Å²) in [6.45, 7) is 9.90. The van der Waals surface area contributed by atoms with Gasteiger partial charge in [-0.3, -0.25) is 0 Å². The Kier molecular flexibility index (Phi) is 2.30. The van der Waals surface area contributed by atoms with E-state index in [-0.39, 0.29) is 5.41 Å². The Hall–Kier alpha value is -0.560. The van der Waals surface area contributed by atoms with Gasteiger partial charge in [-0.25, -0.2) is 0 Å². The first-order valence-electron chi connectivity index (χ1n) is 5.49. The molecule has 1 heteroatoms. The highest BCUT2D eigenvalue weighted by molar-refractivity contribution is 5.42. The second-order valence-corrected chi connectivity index (χ2v) is 5.59. The molecule has 2 rings (SSSR count).